The minimum Gasteiger partial charge on any atom is -0.426 e. The predicted octanol–water partition coefficient (Wildman–Crippen LogP) is 3.61. The summed E-state index contributed by atoms with van der Waals surface area (Å²) >= 11 is 0. The van der Waals surface area contributed by atoms with Crippen molar-refractivity contribution in [3.63, 3.8) is 0 Å². The lowest BCUT2D eigenvalue weighted by atomic mass is 9.97. The smallest absolute Gasteiger partial charge is 0.316 e. The average molecular weight is 420 g/mol. The number of carbonyl (C=O) groups is 1. The van der Waals surface area contributed by atoms with Gasteiger partial charge in [0.1, 0.15) is 10.6 Å². The van der Waals surface area contributed by atoms with Gasteiger partial charge < -0.3 is 9.64 Å². The van der Waals surface area contributed by atoms with Crippen LogP contribution in [0.25, 0.3) is 10.8 Å². The lowest BCUT2D eigenvalue weighted by Crippen LogP contribution is -2.43. The molecule has 152 valence electrons. The van der Waals surface area contributed by atoms with E-state index in [0.29, 0.717) is 36.7 Å². The molecule has 1 unspecified atom stereocenters. The van der Waals surface area contributed by atoms with Crippen molar-refractivity contribution >= 4 is 32.6 Å². The average Bonchev–Trinajstić information content (AvgIpc) is 3.05. The Morgan fingerprint density at radius 2 is 1.77 bits per heavy atom. The third-order valence-electron chi connectivity index (χ3n) is 5.63. The van der Waals surface area contributed by atoms with Gasteiger partial charge in [-0.2, -0.15) is 8.42 Å². The monoisotopic (exact) mass is 420 g/mol. The van der Waals surface area contributed by atoms with E-state index in [2.05, 4.69) is 4.40 Å². The van der Waals surface area contributed by atoms with Crippen LogP contribution in [-0.2, 0) is 14.8 Å². The van der Waals surface area contributed by atoms with Crippen LogP contribution in [0.5, 0.6) is 5.75 Å². The topological polar surface area (TPSA) is 76.0 Å². The molecule has 1 fully saturated rings. The summed E-state index contributed by atoms with van der Waals surface area (Å²) in [5, 5.41) is 1.90. The second kappa shape index (κ2) is 7.25. The molecule has 0 bridgehead atoms. The van der Waals surface area contributed by atoms with Gasteiger partial charge in [0.05, 0.1) is 5.92 Å². The van der Waals surface area contributed by atoms with Crippen molar-refractivity contribution in [3.8, 4) is 5.75 Å². The first-order valence-electron chi connectivity index (χ1n) is 9.92. The van der Waals surface area contributed by atoms with Gasteiger partial charge in [-0.1, -0.05) is 48.5 Å². The van der Waals surface area contributed by atoms with Crippen LogP contribution in [-0.4, -0.2) is 38.2 Å². The number of benzene rings is 3. The van der Waals surface area contributed by atoms with Crippen molar-refractivity contribution in [1.82, 2.24) is 4.90 Å². The zero-order valence-electron chi connectivity index (χ0n) is 16.2. The minimum absolute atomic E-state index is 0.223. The summed E-state index contributed by atoms with van der Waals surface area (Å²) in [4.78, 5) is 15.1. The van der Waals surface area contributed by atoms with Gasteiger partial charge in [-0.05, 0) is 36.4 Å². The van der Waals surface area contributed by atoms with Crippen LogP contribution in [0.1, 0.15) is 18.4 Å². The van der Waals surface area contributed by atoms with Gasteiger partial charge in [-0.25, -0.2) is 0 Å². The molecule has 0 aromatic heterocycles. The van der Waals surface area contributed by atoms with Crippen molar-refractivity contribution < 1.29 is 17.9 Å². The maximum atomic E-state index is 12.9. The molecule has 3 aromatic rings. The molecule has 5 rings (SSSR count). The highest BCUT2D eigenvalue weighted by Crippen LogP contribution is 2.31. The fourth-order valence-electron chi connectivity index (χ4n) is 4.15. The number of ether oxygens (including phenoxy) is 1. The van der Waals surface area contributed by atoms with Crippen LogP contribution >= 0.6 is 0 Å². The molecule has 30 heavy (non-hydrogen) atoms. The van der Waals surface area contributed by atoms with Gasteiger partial charge in [0.25, 0.3) is 10.0 Å². The molecule has 3 aromatic carbocycles. The number of carbonyl (C=O) groups excluding carboxylic acids is 1. The Morgan fingerprint density at radius 3 is 2.67 bits per heavy atom. The second-order valence-electron chi connectivity index (χ2n) is 7.57. The van der Waals surface area contributed by atoms with Gasteiger partial charge in [-0.15, -0.1) is 4.40 Å². The molecule has 0 amide bonds. The van der Waals surface area contributed by atoms with E-state index in [1.54, 1.807) is 30.3 Å². The van der Waals surface area contributed by atoms with E-state index < -0.39 is 10.0 Å². The standard InChI is InChI=1S/C23H20N2O4S/c26-23(29-20-12-5-8-16-7-1-2-10-18(16)20)17-9-6-14-25(15-17)22-19-11-3-4-13-21(19)30(27,28)24-22/h1-5,7-8,10-13,17H,6,9,14-15H2. The quantitative estimate of drug-likeness (QED) is 0.468. The number of piperidine rings is 1. The largest absolute Gasteiger partial charge is 0.426 e. The van der Waals surface area contributed by atoms with Crippen LogP contribution in [0.15, 0.2) is 76.0 Å². The molecule has 1 saturated heterocycles. The highest BCUT2D eigenvalue weighted by Gasteiger charge is 2.35. The highest BCUT2D eigenvalue weighted by molar-refractivity contribution is 7.90. The number of hydrogen-bond acceptors (Lipinski definition) is 5. The fraction of sp³-hybridized carbons (Fsp3) is 0.217. The van der Waals surface area contributed by atoms with E-state index in [9.17, 15) is 13.2 Å². The van der Waals surface area contributed by atoms with Gasteiger partial charge in [0.15, 0.2) is 5.84 Å². The van der Waals surface area contributed by atoms with E-state index in [0.717, 1.165) is 17.2 Å². The molecule has 0 aliphatic carbocycles. The first-order valence-corrected chi connectivity index (χ1v) is 11.4. The highest BCUT2D eigenvalue weighted by atomic mass is 32.2. The Kier molecular flexibility index (Phi) is 4.55. The third kappa shape index (κ3) is 3.25. The predicted molar refractivity (Wildman–Crippen MR) is 114 cm³/mol. The minimum atomic E-state index is -3.68. The molecule has 1 atom stereocenters. The van der Waals surface area contributed by atoms with E-state index in [1.165, 1.54) is 0 Å². The van der Waals surface area contributed by atoms with Gasteiger partial charge in [0, 0.05) is 24.0 Å². The number of fused-ring (bicyclic) bond motifs is 2. The summed E-state index contributed by atoms with van der Waals surface area (Å²) in [6.07, 6.45) is 1.46. The van der Waals surface area contributed by atoms with E-state index in [1.807, 2.05) is 41.3 Å². The third-order valence-corrected chi connectivity index (χ3v) is 6.95. The number of hydrogen-bond donors (Lipinski definition) is 0. The summed E-state index contributed by atoms with van der Waals surface area (Å²) in [6.45, 7) is 1.03. The van der Waals surface area contributed by atoms with Crippen molar-refractivity contribution in [2.75, 3.05) is 13.1 Å². The molecule has 0 spiro atoms. The normalized spacial score (nSPS) is 19.9. The number of amidine groups is 1. The molecule has 0 N–H and O–H groups in total. The molecule has 0 saturated carbocycles. The van der Waals surface area contributed by atoms with Crippen LogP contribution in [0.3, 0.4) is 0 Å². The summed E-state index contributed by atoms with van der Waals surface area (Å²) in [5.41, 5.74) is 0.598. The van der Waals surface area contributed by atoms with Crippen molar-refractivity contribution in [1.29, 1.82) is 0 Å². The van der Waals surface area contributed by atoms with Gasteiger partial charge in [-0.3, -0.25) is 4.79 Å². The van der Waals surface area contributed by atoms with Crippen LogP contribution in [0, 0.1) is 5.92 Å². The number of nitrogens with zero attached hydrogens (tertiary/aromatic N) is 2. The maximum Gasteiger partial charge on any atom is 0.316 e. The number of sulfonamides is 1. The van der Waals surface area contributed by atoms with Crippen LogP contribution in [0.4, 0.5) is 0 Å². The molecule has 2 heterocycles. The Morgan fingerprint density at radius 1 is 1.00 bits per heavy atom. The summed E-state index contributed by atoms with van der Waals surface area (Å²) < 4.78 is 34.5. The first-order chi connectivity index (χ1) is 14.5. The number of esters is 1. The summed E-state index contributed by atoms with van der Waals surface area (Å²) in [5.74, 6) is 0.316. The Hall–Kier alpha value is -3.19. The van der Waals surface area contributed by atoms with Crippen LogP contribution in [0.2, 0.25) is 0 Å². The van der Waals surface area contributed by atoms with Crippen molar-refractivity contribution in [2.24, 2.45) is 10.3 Å². The molecular weight excluding hydrogens is 400 g/mol. The van der Waals surface area contributed by atoms with Gasteiger partial charge >= 0.3 is 5.97 Å². The van der Waals surface area contributed by atoms with E-state index in [4.69, 9.17) is 4.74 Å². The molecule has 2 aliphatic rings. The lowest BCUT2D eigenvalue weighted by Gasteiger charge is -2.32. The first kappa shape index (κ1) is 18.8. The number of likely N-dealkylation sites (tertiary alicyclic amines) is 1. The van der Waals surface area contributed by atoms with Gasteiger partial charge in [0.2, 0.25) is 0 Å². The number of rotatable bonds is 2. The zero-order chi connectivity index (χ0) is 20.7. The molecule has 2 aliphatic heterocycles. The summed E-state index contributed by atoms with van der Waals surface area (Å²) in [7, 11) is -3.68. The Bertz CT molecular complexity index is 1280. The molecule has 7 heteroatoms. The van der Waals surface area contributed by atoms with Crippen molar-refractivity contribution in [2.45, 2.75) is 17.7 Å². The van der Waals surface area contributed by atoms with E-state index >= 15 is 0 Å². The molecule has 0 radical (unpaired) electrons. The Labute approximate surface area is 174 Å². The molecule has 6 nitrogen and oxygen atoms in total. The van der Waals surface area contributed by atoms with Crippen molar-refractivity contribution in [3.05, 3.63) is 72.3 Å². The van der Waals surface area contributed by atoms with E-state index in [-0.39, 0.29) is 16.8 Å². The second-order valence-corrected chi connectivity index (χ2v) is 9.14. The fourth-order valence-corrected chi connectivity index (χ4v) is 5.38. The summed E-state index contributed by atoms with van der Waals surface area (Å²) in [6, 6.07) is 20.2. The van der Waals surface area contributed by atoms with Crippen LogP contribution < -0.4 is 4.74 Å². The maximum absolute atomic E-state index is 12.9. The Balaban J connectivity index is 1.38. The lowest BCUT2D eigenvalue weighted by molar-refractivity contribution is -0.140. The molecular formula is C23H20N2O4S. The SMILES string of the molecule is O=C(Oc1cccc2ccccc12)C1CCCN(C2=NS(=O)(=O)c3ccccc32)C1. The zero-order valence-corrected chi connectivity index (χ0v) is 17.0.